The molecule has 16 heteroatoms. The van der Waals surface area contributed by atoms with Crippen LogP contribution < -0.4 is 26.5 Å². The Kier molecular flexibility index (Phi) is 7.36. The third-order valence-corrected chi connectivity index (χ3v) is 7.13. The number of hydrogen-bond acceptors (Lipinski definition) is 12. The van der Waals surface area contributed by atoms with Crippen molar-refractivity contribution in [2.24, 2.45) is 10.9 Å². The smallest absolute Gasteiger partial charge is 0.278 e. The Hall–Kier alpha value is -4.49. The molecule has 2 aliphatic heterocycles. The van der Waals surface area contributed by atoms with E-state index in [-0.39, 0.29) is 41.3 Å². The number of β-lactam (4-membered cyclic amide) rings is 1. The topological polar surface area (TPSA) is 210 Å². The van der Waals surface area contributed by atoms with Gasteiger partial charge >= 0.3 is 0 Å². The average molecular weight is 543 g/mol. The van der Waals surface area contributed by atoms with Crippen LogP contribution in [0.2, 0.25) is 0 Å². The van der Waals surface area contributed by atoms with E-state index in [0.717, 1.165) is 16.4 Å². The molecule has 0 aliphatic carbocycles. The van der Waals surface area contributed by atoms with E-state index in [1.54, 1.807) is 17.0 Å². The molecule has 190 valence electrons. The van der Waals surface area contributed by atoms with Gasteiger partial charge in [0.1, 0.15) is 11.4 Å². The van der Waals surface area contributed by atoms with E-state index in [4.69, 9.17) is 22.7 Å². The SMILES string of the molecule is C#CCON=C(C(=O)NC1C(=O)N2C(C(=O)[O-])=C(C[n+]3ccc(C(N)=O)cc3)CS[C@@H]12)c1nsc(N)n1. The zero-order chi connectivity index (χ0) is 26.7. The Labute approximate surface area is 217 Å². The highest BCUT2D eigenvalue weighted by Crippen LogP contribution is 2.40. The Balaban J connectivity index is 1.52. The number of primary amides is 1. The molecule has 1 saturated heterocycles. The molecule has 14 nitrogen and oxygen atoms in total. The van der Waals surface area contributed by atoms with Crippen LogP contribution in [0.25, 0.3) is 0 Å². The molecule has 3 amide bonds. The minimum atomic E-state index is -1.53. The number of nitrogens with one attached hydrogen (secondary N) is 1. The highest BCUT2D eigenvalue weighted by Gasteiger charge is 2.53. The quantitative estimate of drug-likeness (QED) is 0.0728. The highest BCUT2D eigenvalue weighted by atomic mass is 32.2. The molecule has 4 heterocycles. The third kappa shape index (κ3) is 5.22. The number of aromatic nitrogens is 3. The lowest BCUT2D eigenvalue weighted by Gasteiger charge is -2.50. The lowest BCUT2D eigenvalue weighted by molar-refractivity contribution is -0.689. The maximum atomic E-state index is 13.0. The van der Waals surface area contributed by atoms with Crippen molar-refractivity contribution >= 4 is 57.8 Å². The van der Waals surface area contributed by atoms with Gasteiger partial charge in [-0.05, 0) is 0 Å². The van der Waals surface area contributed by atoms with Gasteiger partial charge in [0, 0.05) is 35.0 Å². The summed E-state index contributed by atoms with van der Waals surface area (Å²) in [5.41, 5.74) is 10.9. The first kappa shape index (κ1) is 25.6. The predicted molar refractivity (Wildman–Crippen MR) is 128 cm³/mol. The number of carbonyl (C=O) groups is 4. The molecular weight excluding hydrogens is 524 g/mol. The lowest BCUT2D eigenvalue weighted by Crippen LogP contribution is -2.71. The van der Waals surface area contributed by atoms with Crippen LogP contribution in [0.1, 0.15) is 16.2 Å². The molecular formula is C21H18N8O6S2. The number of anilines is 1. The van der Waals surface area contributed by atoms with Crippen molar-refractivity contribution in [3.05, 3.63) is 47.2 Å². The zero-order valence-electron chi connectivity index (χ0n) is 18.8. The number of hydrogen-bond donors (Lipinski definition) is 3. The van der Waals surface area contributed by atoms with E-state index in [9.17, 15) is 24.3 Å². The number of carboxylic acids is 1. The Morgan fingerprint density at radius 2 is 2.11 bits per heavy atom. The number of aliphatic carboxylic acids is 1. The minimum Gasteiger partial charge on any atom is -0.543 e. The number of terminal acetylenes is 1. The summed E-state index contributed by atoms with van der Waals surface area (Å²) in [5.74, 6) is -1.28. The van der Waals surface area contributed by atoms with Gasteiger partial charge in [0.2, 0.25) is 17.4 Å². The number of nitrogens with two attached hydrogens (primary N) is 2. The number of pyridine rings is 1. The fourth-order valence-electron chi connectivity index (χ4n) is 3.60. The van der Waals surface area contributed by atoms with Gasteiger partial charge in [-0.25, -0.2) is 4.57 Å². The van der Waals surface area contributed by atoms with Gasteiger partial charge in [-0.2, -0.15) is 9.36 Å². The number of thioether (sulfide) groups is 1. The zero-order valence-corrected chi connectivity index (χ0v) is 20.5. The summed E-state index contributed by atoms with van der Waals surface area (Å²) in [4.78, 5) is 59.0. The minimum absolute atomic E-state index is 0.0829. The second-order valence-corrected chi connectivity index (χ2v) is 9.49. The number of amides is 3. The number of fused-ring (bicyclic) bond motifs is 1. The number of nitrogen functional groups attached to an aromatic ring is 1. The van der Waals surface area contributed by atoms with Gasteiger partial charge in [0.05, 0.1) is 17.2 Å². The van der Waals surface area contributed by atoms with E-state index in [2.05, 4.69) is 25.8 Å². The van der Waals surface area contributed by atoms with Gasteiger partial charge in [0.15, 0.2) is 30.7 Å². The summed E-state index contributed by atoms with van der Waals surface area (Å²) < 4.78 is 5.57. The lowest BCUT2D eigenvalue weighted by atomic mass is 10.0. The normalized spacial score (nSPS) is 18.9. The first-order chi connectivity index (χ1) is 17.7. The van der Waals surface area contributed by atoms with Gasteiger partial charge in [0.25, 0.3) is 11.8 Å². The summed E-state index contributed by atoms with van der Waals surface area (Å²) >= 11 is 2.09. The van der Waals surface area contributed by atoms with Crippen molar-refractivity contribution in [3.63, 3.8) is 0 Å². The average Bonchev–Trinajstić information content (AvgIpc) is 3.30. The van der Waals surface area contributed by atoms with Gasteiger partial charge < -0.3 is 31.5 Å². The van der Waals surface area contributed by atoms with E-state index in [1.165, 1.54) is 23.9 Å². The Morgan fingerprint density at radius 3 is 2.70 bits per heavy atom. The molecule has 0 spiro atoms. The van der Waals surface area contributed by atoms with E-state index < -0.39 is 35.1 Å². The van der Waals surface area contributed by atoms with Crippen molar-refractivity contribution in [2.75, 3.05) is 18.1 Å². The molecule has 5 N–H and O–H groups in total. The van der Waals surface area contributed by atoms with Crippen LogP contribution in [0.3, 0.4) is 0 Å². The largest absolute Gasteiger partial charge is 0.543 e. The molecule has 2 aromatic heterocycles. The molecule has 2 atom stereocenters. The Morgan fingerprint density at radius 1 is 1.38 bits per heavy atom. The first-order valence-electron chi connectivity index (χ1n) is 10.4. The summed E-state index contributed by atoms with van der Waals surface area (Å²) in [6.07, 6.45) is 8.27. The molecule has 2 aromatic rings. The van der Waals surface area contributed by atoms with Crippen molar-refractivity contribution in [3.8, 4) is 12.3 Å². The van der Waals surface area contributed by atoms with Crippen LogP contribution in [-0.4, -0.2) is 67.4 Å². The predicted octanol–water partition coefficient (Wildman–Crippen LogP) is -3.04. The molecule has 0 saturated carbocycles. The first-order valence-corrected chi connectivity index (χ1v) is 12.2. The molecule has 0 radical (unpaired) electrons. The number of carbonyl (C=O) groups excluding carboxylic acids is 4. The van der Waals surface area contributed by atoms with E-state index >= 15 is 0 Å². The maximum Gasteiger partial charge on any atom is 0.278 e. The molecule has 2 aliphatic rings. The van der Waals surface area contributed by atoms with Crippen LogP contribution in [-0.2, 0) is 25.8 Å². The number of oxime groups is 1. The van der Waals surface area contributed by atoms with Crippen molar-refractivity contribution in [1.82, 2.24) is 19.6 Å². The van der Waals surface area contributed by atoms with E-state index in [0.29, 0.717) is 11.1 Å². The number of carboxylic acid groups (broad SMARTS) is 1. The number of nitrogens with zero attached hydrogens (tertiary/aromatic N) is 5. The summed E-state index contributed by atoms with van der Waals surface area (Å²) in [6, 6.07) is 1.94. The monoisotopic (exact) mass is 542 g/mol. The molecule has 0 bridgehead atoms. The van der Waals surface area contributed by atoms with Crippen LogP contribution in [0.4, 0.5) is 5.13 Å². The van der Waals surface area contributed by atoms with Gasteiger partial charge in [-0.1, -0.05) is 11.1 Å². The van der Waals surface area contributed by atoms with Crippen LogP contribution in [0.15, 0.2) is 41.0 Å². The molecule has 4 rings (SSSR count). The summed E-state index contributed by atoms with van der Waals surface area (Å²) in [6.45, 7) is -0.0973. The Bertz CT molecular complexity index is 1380. The van der Waals surface area contributed by atoms with Crippen molar-refractivity contribution < 1.29 is 33.7 Å². The third-order valence-electron chi connectivity index (χ3n) is 5.25. The summed E-state index contributed by atoms with van der Waals surface area (Å²) in [7, 11) is 0. The van der Waals surface area contributed by atoms with Gasteiger partial charge in [-0.3, -0.25) is 19.3 Å². The molecule has 1 fully saturated rings. The fraction of sp³-hybridized carbons (Fsp3) is 0.238. The summed E-state index contributed by atoms with van der Waals surface area (Å²) in [5, 5.41) is 17.6. The molecule has 0 aromatic carbocycles. The van der Waals surface area contributed by atoms with Crippen molar-refractivity contribution in [2.45, 2.75) is 18.0 Å². The second kappa shape index (κ2) is 10.6. The highest BCUT2D eigenvalue weighted by molar-refractivity contribution is 8.00. The van der Waals surface area contributed by atoms with Gasteiger partial charge in [-0.15, -0.1) is 18.2 Å². The molecule has 37 heavy (non-hydrogen) atoms. The number of rotatable bonds is 9. The van der Waals surface area contributed by atoms with Crippen LogP contribution in [0.5, 0.6) is 0 Å². The molecule has 1 unspecified atom stereocenters. The van der Waals surface area contributed by atoms with E-state index in [1.807, 2.05) is 0 Å². The fourth-order valence-corrected chi connectivity index (χ4v) is 5.37. The van der Waals surface area contributed by atoms with Crippen LogP contribution >= 0.6 is 23.3 Å². The maximum absolute atomic E-state index is 13.0. The second-order valence-electron chi connectivity index (χ2n) is 7.60. The van der Waals surface area contributed by atoms with Crippen LogP contribution in [0, 0.1) is 12.3 Å². The van der Waals surface area contributed by atoms with Crippen molar-refractivity contribution in [1.29, 1.82) is 0 Å². The standard InChI is InChI=1S/C21H18N8O6S2/c1-2-7-35-26-12(16-25-21(23)37-27-16)17(31)24-13-18(32)29-14(20(33)34)11(9-36-19(13)29)8-28-5-3-10(4-6-28)15(22)30/h1,3-6,13,19H,7-9H2,(H5-,22,23,24,25,27,30,31,33,34)/t13?,19-/m0/s1.